The Hall–Kier alpha value is -0.610. The molecule has 1 aromatic carbocycles. The van der Waals surface area contributed by atoms with E-state index in [-0.39, 0.29) is 17.0 Å². The Balaban J connectivity index is 0.00000162. The first-order chi connectivity index (χ1) is 8.11. The zero-order valence-corrected chi connectivity index (χ0v) is 14.1. The lowest BCUT2D eigenvalue weighted by Gasteiger charge is -2.06. The Bertz CT molecular complexity index is 509. The predicted molar refractivity (Wildman–Crippen MR) is 74.0 cm³/mol. The molecule has 2 rings (SSSR count). The molecule has 0 unspecified atom stereocenters. The van der Waals surface area contributed by atoms with Crippen LogP contribution in [-0.2, 0) is 6.54 Å². The lowest BCUT2D eigenvalue weighted by Crippen LogP contribution is -3.00. The van der Waals surface area contributed by atoms with Crippen molar-refractivity contribution < 1.29 is 21.5 Å². The standard InChI is InChI=1S/C14H18BrN2.BrH/c1-11-8-12(2)14(13(3)9-11)17-7-6-16(10-17)5-4-15;/h6-10H,4-5H2,1-3H3;1H/q+1;/p-1. The number of halogens is 2. The van der Waals surface area contributed by atoms with Crippen LogP contribution in [0.15, 0.2) is 30.9 Å². The molecule has 2 nitrogen and oxygen atoms in total. The van der Waals surface area contributed by atoms with Gasteiger partial charge in [0.25, 0.3) is 0 Å². The van der Waals surface area contributed by atoms with Crippen molar-refractivity contribution in [3.63, 3.8) is 0 Å². The van der Waals surface area contributed by atoms with Gasteiger partial charge in [0.05, 0.1) is 6.54 Å². The van der Waals surface area contributed by atoms with Crippen molar-refractivity contribution in [1.82, 2.24) is 4.57 Å². The van der Waals surface area contributed by atoms with Crippen LogP contribution in [0.4, 0.5) is 0 Å². The smallest absolute Gasteiger partial charge is 0.249 e. The van der Waals surface area contributed by atoms with E-state index in [1.54, 1.807) is 0 Å². The number of hydrogen-bond acceptors (Lipinski definition) is 0. The maximum absolute atomic E-state index is 3.46. The Labute approximate surface area is 128 Å². The molecule has 98 valence electrons. The number of imidazole rings is 1. The van der Waals surface area contributed by atoms with Crippen LogP contribution in [0.25, 0.3) is 5.69 Å². The Morgan fingerprint density at radius 1 is 1.17 bits per heavy atom. The summed E-state index contributed by atoms with van der Waals surface area (Å²) in [5.41, 5.74) is 5.27. The van der Waals surface area contributed by atoms with Gasteiger partial charge < -0.3 is 17.0 Å². The summed E-state index contributed by atoms with van der Waals surface area (Å²) < 4.78 is 4.39. The molecule has 0 atom stereocenters. The number of alkyl halides is 1. The number of benzene rings is 1. The number of aryl methyl sites for hydroxylation is 4. The molecule has 0 radical (unpaired) electrons. The van der Waals surface area contributed by atoms with Crippen molar-refractivity contribution in [1.29, 1.82) is 0 Å². The lowest BCUT2D eigenvalue weighted by atomic mass is 10.1. The predicted octanol–water partition coefficient (Wildman–Crippen LogP) is 0.0890. The van der Waals surface area contributed by atoms with E-state index in [2.05, 4.69) is 76.7 Å². The summed E-state index contributed by atoms with van der Waals surface area (Å²) in [5.74, 6) is 0. The van der Waals surface area contributed by atoms with E-state index in [1.807, 2.05) is 0 Å². The minimum absolute atomic E-state index is 0. The SMILES string of the molecule is Cc1cc(C)c(-n2cc[n+](CCBr)c2)c(C)c1.[Br-]. The van der Waals surface area contributed by atoms with Gasteiger partial charge in [-0.2, -0.15) is 0 Å². The van der Waals surface area contributed by atoms with Crippen molar-refractivity contribution in [2.75, 3.05) is 5.33 Å². The zero-order chi connectivity index (χ0) is 12.4. The van der Waals surface area contributed by atoms with Crippen LogP contribution in [0.5, 0.6) is 0 Å². The Morgan fingerprint density at radius 3 is 2.33 bits per heavy atom. The van der Waals surface area contributed by atoms with Crippen LogP contribution < -0.4 is 21.5 Å². The fraction of sp³-hybridized carbons (Fsp3) is 0.357. The van der Waals surface area contributed by atoms with Crippen molar-refractivity contribution in [3.05, 3.63) is 47.5 Å². The van der Waals surface area contributed by atoms with Gasteiger partial charge in [-0.05, 0) is 31.9 Å². The number of rotatable bonds is 3. The molecular formula is C14H18Br2N2. The molecule has 0 bridgehead atoms. The van der Waals surface area contributed by atoms with E-state index < -0.39 is 0 Å². The van der Waals surface area contributed by atoms with Crippen LogP contribution in [-0.4, -0.2) is 9.90 Å². The van der Waals surface area contributed by atoms with Gasteiger partial charge >= 0.3 is 0 Å². The highest BCUT2D eigenvalue weighted by Gasteiger charge is 2.12. The second kappa shape index (κ2) is 6.53. The summed E-state index contributed by atoms with van der Waals surface area (Å²) >= 11 is 3.46. The third-order valence-electron chi connectivity index (χ3n) is 2.93. The number of hydrogen-bond donors (Lipinski definition) is 0. The minimum atomic E-state index is 0. The maximum Gasteiger partial charge on any atom is 0.249 e. The number of aromatic nitrogens is 2. The van der Waals surface area contributed by atoms with E-state index in [9.17, 15) is 0 Å². The first-order valence-electron chi connectivity index (χ1n) is 5.83. The minimum Gasteiger partial charge on any atom is -1.00 e. The fourth-order valence-corrected chi connectivity index (χ4v) is 2.75. The van der Waals surface area contributed by atoms with Crippen LogP contribution in [0.2, 0.25) is 0 Å². The molecule has 18 heavy (non-hydrogen) atoms. The van der Waals surface area contributed by atoms with E-state index in [0.717, 1.165) is 11.9 Å². The van der Waals surface area contributed by atoms with E-state index >= 15 is 0 Å². The quantitative estimate of drug-likeness (QED) is 0.532. The molecule has 0 saturated heterocycles. The van der Waals surface area contributed by atoms with Gasteiger partial charge in [0.2, 0.25) is 6.33 Å². The van der Waals surface area contributed by atoms with Gasteiger partial charge in [0.1, 0.15) is 18.1 Å². The summed E-state index contributed by atoms with van der Waals surface area (Å²) in [4.78, 5) is 0. The van der Waals surface area contributed by atoms with Crippen LogP contribution in [0.3, 0.4) is 0 Å². The van der Waals surface area contributed by atoms with Crippen molar-refractivity contribution in [2.24, 2.45) is 0 Å². The summed E-state index contributed by atoms with van der Waals surface area (Å²) in [6.07, 6.45) is 6.37. The van der Waals surface area contributed by atoms with Crippen LogP contribution >= 0.6 is 15.9 Å². The maximum atomic E-state index is 3.46. The molecule has 0 aliphatic heterocycles. The highest BCUT2D eigenvalue weighted by molar-refractivity contribution is 9.09. The molecular weight excluding hydrogens is 356 g/mol. The second-order valence-corrected chi connectivity index (χ2v) is 5.29. The van der Waals surface area contributed by atoms with Gasteiger partial charge in [0.15, 0.2) is 0 Å². The zero-order valence-electron chi connectivity index (χ0n) is 11.0. The van der Waals surface area contributed by atoms with Crippen molar-refractivity contribution >= 4 is 15.9 Å². The molecule has 0 aliphatic rings. The summed E-state index contributed by atoms with van der Waals surface area (Å²) in [6, 6.07) is 4.47. The molecule has 0 N–H and O–H groups in total. The summed E-state index contributed by atoms with van der Waals surface area (Å²) in [6.45, 7) is 7.48. The van der Waals surface area contributed by atoms with Crippen LogP contribution in [0.1, 0.15) is 16.7 Å². The van der Waals surface area contributed by atoms with Gasteiger partial charge in [-0.1, -0.05) is 33.6 Å². The van der Waals surface area contributed by atoms with Crippen molar-refractivity contribution in [3.8, 4) is 5.69 Å². The molecule has 1 aromatic heterocycles. The van der Waals surface area contributed by atoms with E-state index in [4.69, 9.17) is 0 Å². The average molecular weight is 374 g/mol. The average Bonchev–Trinajstić information content (AvgIpc) is 2.65. The highest BCUT2D eigenvalue weighted by atomic mass is 79.9. The Morgan fingerprint density at radius 2 is 1.78 bits per heavy atom. The fourth-order valence-electron chi connectivity index (χ4n) is 2.34. The normalized spacial score (nSPS) is 10.2. The molecule has 0 aliphatic carbocycles. The molecule has 0 saturated carbocycles. The molecule has 1 heterocycles. The van der Waals surface area contributed by atoms with Gasteiger partial charge in [-0.25, -0.2) is 9.13 Å². The Kier molecular flexibility index (Phi) is 5.60. The largest absolute Gasteiger partial charge is 1.00 e. The van der Waals surface area contributed by atoms with Gasteiger partial charge in [0, 0.05) is 5.33 Å². The summed E-state index contributed by atoms with van der Waals surface area (Å²) in [5, 5.41) is 0.980. The topological polar surface area (TPSA) is 8.81 Å². The monoisotopic (exact) mass is 372 g/mol. The first-order valence-corrected chi connectivity index (χ1v) is 6.95. The third kappa shape index (κ3) is 3.23. The van der Waals surface area contributed by atoms with Gasteiger partial charge in [-0.15, -0.1) is 0 Å². The molecule has 0 amide bonds. The van der Waals surface area contributed by atoms with E-state index in [0.29, 0.717) is 0 Å². The molecule has 0 fully saturated rings. The van der Waals surface area contributed by atoms with Gasteiger partial charge in [-0.3, -0.25) is 0 Å². The summed E-state index contributed by atoms with van der Waals surface area (Å²) in [7, 11) is 0. The number of nitrogens with zero attached hydrogens (tertiary/aromatic N) is 2. The molecule has 4 heteroatoms. The van der Waals surface area contributed by atoms with Crippen LogP contribution in [0, 0.1) is 20.8 Å². The lowest BCUT2D eigenvalue weighted by molar-refractivity contribution is -0.691. The molecule has 0 spiro atoms. The van der Waals surface area contributed by atoms with E-state index in [1.165, 1.54) is 22.4 Å². The second-order valence-electron chi connectivity index (χ2n) is 4.50. The third-order valence-corrected chi connectivity index (χ3v) is 3.28. The first kappa shape index (κ1) is 15.4. The highest BCUT2D eigenvalue weighted by Crippen LogP contribution is 2.20. The molecule has 2 aromatic rings. The van der Waals surface area contributed by atoms with Crippen molar-refractivity contribution in [2.45, 2.75) is 27.3 Å².